The van der Waals surface area contributed by atoms with Gasteiger partial charge in [0, 0.05) is 39.7 Å². The van der Waals surface area contributed by atoms with E-state index in [2.05, 4.69) is 9.97 Å². The van der Waals surface area contributed by atoms with Crippen molar-refractivity contribution in [3.05, 3.63) is 77.6 Å². The first kappa shape index (κ1) is 18.9. The highest BCUT2D eigenvalue weighted by Gasteiger charge is 2.24. The molecule has 0 saturated carbocycles. The summed E-state index contributed by atoms with van der Waals surface area (Å²) in [6.07, 6.45) is -0.197. The van der Waals surface area contributed by atoms with Crippen molar-refractivity contribution in [2.75, 3.05) is 0 Å². The third-order valence-corrected chi connectivity index (χ3v) is 5.06. The number of carbonyl (C=O) groups excluding carboxylic acids is 2. The Bertz CT molecular complexity index is 1210. The van der Waals surface area contributed by atoms with Gasteiger partial charge in [-0.1, -0.05) is 42.5 Å². The zero-order valence-corrected chi connectivity index (χ0v) is 16.4. The number of aromatic amines is 1. The van der Waals surface area contributed by atoms with Crippen LogP contribution in [0.5, 0.6) is 0 Å². The molecule has 5 heteroatoms. The molecule has 0 spiro atoms. The highest BCUT2D eigenvalue weighted by atomic mass is 16.5. The highest BCUT2D eigenvalue weighted by molar-refractivity contribution is 6.11. The topological polar surface area (TPSA) is 72.1 Å². The molecule has 0 bridgehead atoms. The van der Waals surface area contributed by atoms with E-state index in [9.17, 15) is 9.59 Å². The SMILES string of the molecule is Cc1[nH]c2ccccc2c1C(=O)[C@H](C)OC(=O)CCc1ccc2ccccc2n1. The predicted molar refractivity (Wildman–Crippen MR) is 113 cm³/mol. The Balaban J connectivity index is 1.40. The number of pyridine rings is 1. The fraction of sp³-hybridized carbons (Fsp3) is 0.208. The smallest absolute Gasteiger partial charge is 0.306 e. The van der Waals surface area contributed by atoms with Crippen LogP contribution in [0.1, 0.15) is 35.1 Å². The average molecular weight is 386 g/mol. The van der Waals surface area contributed by atoms with Gasteiger partial charge in [0.15, 0.2) is 6.10 Å². The van der Waals surface area contributed by atoms with Gasteiger partial charge in [0.1, 0.15) is 0 Å². The van der Waals surface area contributed by atoms with Gasteiger partial charge in [-0.15, -0.1) is 0 Å². The summed E-state index contributed by atoms with van der Waals surface area (Å²) >= 11 is 0. The summed E-state index contributed by atoms with van der Waals surface area (Å²) in [6, 6.07) is 19.4. The van der Waals surface area contributed by atoms with E-state index in [0.29, 0.717) is 12.0 Å². The molecular weight excluding hydrogens is 364 g/mol. The van der Waals surface area contributed by atoms with Crippen LogP contribution < -0.4 is 0 Å². The maximum atomic E-state index is 12.9. The number of carbonyl (C=O) groups is 2. The molecule has 0 saturated heterocycles. The largest absolute Gasteiger partial charge is 0.454 e. The van der Waals surface area contributed by atoms with E-state index in [0.717, 1.165) is 33.2 Å². The Morgan fingerprint density at radius 2 is 1.79 bits per heavy atom. The second kappa shape index (κ2) is 7.87. The van der Waals surface area contributed by atoms with Gasteiger partial charge < -0.3 is 9.72 Å². The summed E-state index contributed by atoms with van der Waals surface area (Å²) in [5.41, 5.74) is 3.98. The molecule has 1 atom stereocenters. The van der Waals surface area contributed by atoms with Crippen molar-refractivity contribution in [1.29, 1.82) is 0 Å². The molecule has 0 radical (unpaired) electrons. The van der Waals surface area contributed by atoms with Crippen LogP contribution in [0, 0.1) is 6.92 Å². The van der Waals surface area contributed by atoms with Crippen LogP contribution >= 0.6 is 0 Å². The van der Waals surface area contributed by atoms with Gasteiger partial charge in [-0.05, 0) is 32.0 Å². The molecule has 4 rings (SSSR count). The Morgan fingerprint density at radius 1 is 1.03 bits per heavy atom. The summed E-state index contributed by atoms with van der Waals surface area (Å²) < 4.78 is 5.42. The Morgan fingerprint density at radius 3 is 2.66 bits per heavy atom. The summed E-state index contributed by atoms with van der Waals surface area (Å²) in [6.45, 7) is 3.48. The number of fused-ring (bicyclic) bond motifs is 2. The highest BCUT2D eigenvalue weighted by Crippen LogP contribution is 2.24. The van der Waals surface area contributed by atoms with Crippen LogP contribution in [0.15, 0.2) is 60.7 Å². The molecule has 1 N–H and O–H groups in total. The van der Waals surface area contributed by atoms with E-state index < -0.39 is 12.1 Å². The van der Waals surface area contributed by atoms with E-state index in [1.165, 1.54) is 0 Å². The first-order valence-electron chi connectivity index (χ1n) is 9.68. The number of hydrogen-bond acceptors (Lipinski definition) is 4. The zero-order valence-electron chi connectivity index (χ0n) is 16.4. The van der Waals surface area contributed by atoms with Crippen molar-refractivity contribution in [3.63, 3.8) is 0 Å². The summed E-state index contributed by atoms with van der Waals surface area (Å²) in [4.78, 5) is 33.0. The maximum Gasteiger partial charge on any atom is 0.306 e. The van der Waals surface area contributed by atoms with Crippen molar-refractivity contribution in [3.8, 4) is 0 Å². The normalized spacial score (nSPS) is 12.2. The van der Waals surface area contributed by atoms with Gasteiger partial charge in [0.05, 0.1) is 11.9 Å². The fourth-order valence-corrected chi connectivity index (χ4v) is 3.58. The van der Waals surface area contributed by atoms with Crippen LogP contribution in [0.2, 0.25) is 0 Å². The number of aryl methyl sites for hydroxylation is 2. The molecule has 0 fully saturated rings. The lowest BCUT2D eigenvalue weighted by Crippen LogP contribution is -2.25. The van der Waals surface area contributed by atoms with Crippen molar-refractivity contribution >= 4 is 33.6 Å². The fourth-order valence-electron chi connectivity index (χ4n) is 3.58. The number of nitrogens with zero attached hydrogens (tertiary/aromatic N) is 1. The molecular formula is C24H22N2O3. The molecule has 0 aliphatic rings. The molecule has 0 unspecified atom stereocenters. The molecule has 0 aliphatic heterocycles. The van der Waals surface area contributed by atoms with Crippen molar-refractivity contribution < 1.29 is 14.3 Å². The molecule has 0 amide bonds. The number of para-hydroxylation sites is 2. The third-order valence-electron chi connectivity index (χ3n) is 5.06. The maximum absolute atomic E-state index is 12.9. The zero-order chi connectivity index (χ0) is 20.4. The first-order chi connectivity index (χ1) is 14.0. The minimum atomic E-state index is -0.843. The number of benzene rings is 2. The van der Waals surface area contributed by atoms with E-state index in [1.54, 1.807) is 6.92 Å². The molecule has 146 valence electrons. The number of rotatable bonds is 6. The van der Waals surface area contributed by atoms with Gasteiger partial charge in [-0.25, -0.2) is 0 Å². The van der Waals surface area contributed by atoms with E-state index >= 15 is 0 Å². The standard InChI is InChI=1S/C24H22N2O3/c1-15-23(19-8-4-6-10-21(19)25-15)24(28)16(2)29-22(27)14-13-18-12-11-17-7-3-5-9-20(17)26-18/h3-12,16,25H,13-14H2,1-2H3/t16-/m0/s1. The van der Waals surface area contributed by atoms with Gasteiger partial charge in [0.2, 0.25) is 5.78 Å². The van der Waals surface area contributed by atoms with E-state index in [-0.39, 0.29) is 12.2 Å². The third kappa shape index (κ3) is 3.90. The molecule has 29 heavy (non-hydrogen) atoms. The Hall–Kier alpha value is -3.47. The Labute approximate surface area is 168 Å². The van der Waals surface area contributed by atoms with Crippen molar-refractivity contribution in [2.45, 2.75) is 32.8 Å². The summed E-state index contributed by atoms with van der Waals surface area (Å²) in [7, 11) is 0. The molecule has 0 aliphatic carbocycles. The summed E-state index contributed by atoms with van der Waals surface area (Å²) in [5.74, 6) is -0.601. The van der Waals surface area contributed by atoms with Crippen LogP contribution in [0.4, 0.5) is 0 Å². The lowest BCUT2D eigenvalue weighted by Gasteiger charge is -2.12. The number of ether oxygens (including phenoxy) is 1. The lowest BCUT2D eigenvalue weighted by molar-refractivity contribution is -0.146. The molecule has 2 aromatic heterocycles. The molecule has 5 nitrogen and oxygen atoms in total. The monoisotopic (exact) mass is 386 g/mol. The van der Waals surface area contributed by atoms with E-state index in [4.69, 9.17) is 4.74 Å². The lowest BCUT2D eigenvalue weighted by atomic mass is 10.0. The second-order valence-electron chi connectivity index (χ2n) is 7.16. The first-order valence-corrected chi connectivity index (χ1v) is 9.68. The van der Waals surface area contributed by atoms with Gasteiger partial charge in [0.25, 0.3) is 0 Å². The number of hydrogen-bond donors (Lipinski definition) is 1. The van der Waals surface area contributed by atoms with Gasteiger partial charge in [-0.3, -0.25) is 14.6 Å². The number of ketones is 1. The number of Topliss-reactive ketones (excluding diaryl/α,β-unsaturated/α-hetero) is 1. The second-order valence-corrected chi connectivity index (χ2v) is 7.16. The number of aromatic nitrogens is 2. The van der Waals surface area contributed by atoms with Gasteiger partial charge in [-0.2, -0.15) is 0 Å². The molecule has 4 aromatic rings. The van der Waals surface area contributed by atoms with Gasteiger partial charge >= 0.3 is 5.97 Å². The quantitative estimate of drug-likeness (QED) is 0.383. The van der Waals surface area contributed by atoms with Crippen molar-refractivity contribution in [1.82, 2.24) is 9.97 Å². The summed E-state index contributed by atoms with van der Waals surface area (Å²) in [5, 5.41) is 1.91. The number of esters is 1. The van der Waals surface area contributed by atoms with E-state index in [1.807, 2.05) is 67.6 Å². The van der Waals surface area contributed by atoms with Crippen molar-refractivity contribution in [2.24, 2.45) is 0 Å². The number of H-pyrrole nitrogens is 1. The number of nitrogens with one attached hydrogen (secondary N) is 1. The van der Waals surface area contributed by atoms with Crippen LogP contribution in [-0.4, -0.2) is 27.8 Å². The minimum absolute atomic E-state index is 0.176. The average Bonchev–Trinajstić information content (AvgIpc) is 3.07. The Kier molecular flexibility index (Phi) is 5.12. The van der Waals surface area contributed by atoms with Crippen LogP contribution in [0.25, 0.3) is 21.8 Å². The minimum Gasteiger partial charge on any atom is -0.454 e. The van der Waals surface area contributed by atoms with Crippen LogP contribution in [-0.2, 0) is 16.0 Å². The molecule has 2 heterocycles. The molecule has 2 aromatic carbocycles. The van der Waals surface area contributed by atoms with Crippen LogP contribution in [0.3, 0.4) is 0 Å². The predicted octanol–water partition coefficient (Wildman–Crippen LogP) is 4.77.